The molecule has 20 heavy (non-hydrogen) atoms. The molecule has 1 heterocycles. The molecule has 104 valence electrons. The molecule has 0 fully saturated rings. The van der Waals surface area contributed by atoms with Crippen LogP contribution in [0.15, 0.2) is 48.8 Å². The number of hydrogen-bond donors (Lipinski definition) is 1. The summed E-state index contributed by atoms with van der Waals surface area (Å²) in [5.74, 6) is -0.0698. The monoisotopic (exact) mass is 269 g/mol. The number of anilines is 1. The van der Waals surface area contributed by atoms with Crippen LogP contribution in [0.4, 0.5) is 5.69 Å². The predicted octanol–water partition coefficient (Wildman–Crippen LogP) is 2.64. The normalized spacial score (nSPS) is 11.8. The number of amides is 1. The van der Waals surface area contributed by atoms with Gasteiger partial charge in [-0.05, 0) is 48.9 Å². The van der Waals surface area contributed by atoms with Crippen molar-refractivity contribution < 1.29 is 4.79 Å². The molecule has 0 saturated heterocycles. The highest BCUT2D eigenvalue weighted by Gasteiger charge is 2.11. The van der Waals surface area contributed by atoms with Gasteiger partial charge in [-0.1, -0.05) is 0 Å². The molecule has 0 bridgehead atoms. The van der Waals surface area contributed by atoms with Crippen molar-refractivity contribution in [3.05, 3.63) is 59.9 Å². The zero-order chi connectivity index (χ0) is 14.5. The number of carbonyl (C=O) groups excluding carboxylic acids is 1. The Morgan fingerprint density at radius 2 is 1.70 bits per heavy atom. The third-order valence-electron chi connectivity index (χ3n) is 3.20. The van der Waals surface area contributed by atoms with E-state index in [-0.39, 0.29) is 11.9 Å². The van der Waals surface area contributed by atoms with Gasteiger partial charge in [-0.15, -0.1) is 0 Å². The molecule has 2 rings (SSSR count). The van der Waals surface area contributed by atoms with Gasteiger partial charge in [0.25, 0.3) is 5.91 Å². The van der Waals surface area contributed by atoms with Gasteiger partial charge in [-0.2, -0.15) is 0 Å². The lowest BCUT2D eigenvalue weighted by Crippen LogP contribution is -2.26. The van der Waals surface area contributed by atoms with E-state index in [4.69, 9.17) is 0 Å². The van der Waals surface area contributed by atoms with Crippen LogP contribution in [0.3, 0.4) is 0 Å². The van der Waals surface area contributed by atoms with Gasteiger partial charge < -0.3 is 10.2 Å². The zero-order valence-electron chi connectivity index (χ0n) is 12.0. The van der Waals surface area contributed by atoms with Gasteiger partial charge in [0, 0.05) is 37.7 Å². The summed E-state index contributed by atoms with van der Waals surface area (Å²) in [5, 5.41) is 2.98. The minimum absolute atomic E-state index is 0.0426. The van der Waals surface area contributed by atoms with Crippen molar-refractivity contribution in [1.82, 2.24) is 10.3 Å². The molecule has 1 aromatic heterocycles. The average Bonchev–Trinajstić information content (AvgIpc) is 2.48. The summed E-state index contributed by atoms with van der Waals surface area (Å²) >= 11 is 0. The SMILES string of the molecule is CC(NC(=O)c1ccc(N(C)C)cc1)c1ccncc1. The Morgan fingerprint density at radius 1 is 1.10 bits per heavy atom. The van der Waals surface area contributed by atoms with E-state index >= 15 is 0 Å². The summed E-state index contributed by atoms with van der Waals surface area (Å²) in [7, 11) is 3.95. The standard InChI is InChI=1S/C16H19N3O/c1-12(13-8-10-17-11-9-13)18-16(20)14-4-6-15(7-5-14)19(2)3/h4-12H,1-3H3,(H,18,20). The van der Waals surface area contributed by atoms with Crippen molar-refractivity contribution in [2.24, 2.45) is 0 Å². The Bertz CT molecular complexity index is 564. The highest BCUT2D eigenvalue weighted by atomic mass is 16.1. The van der Waals surface area contributed by atoms with Gasteiger partial charge in [0.15, 0.2) is 0 Å². The van der Waals surface area contributed by atoms with E-state index in [1.807, 2.05) is 62.3 Å². The Morgan fingerprint density at radius 3 is 2.25 bits per heavy atom. The largest absolute Gasteiger partial charge is 0.378 e. The fraction of sp³-hybridized carbons (Fsp3) is 0.250. The summed E-state index contributed by atoms with van der Waals surface area (Å²) in [6.45, 7) is 1.96. The average molecular weight is 269 g/mol. The minimum atomic E-state index is -0.0698. The third-order valence-corrected chi connectivity index (χ3v) is 3.20. The van der Waals surface area contributed by atoms with Crippen molar-refractivity contribution in [2.45, 2.75) is 13.0 Å². The van der Waals surface area contributed by atoms with Crippen molar-refractivity contribution in [3.8, 4) is 0 Å². The van der Waals surface area contributed by atoms with Crippen molar-refractivity contribution in [2.75, 3.05) is 19.0 Å². The maximum Gasteiger partial charge on any atom is 0.251 e. The second kappa shape index (κ2) is 6.19. The van der Waals surface area contributed by atoms with Crippen LogP contribution in [0, 0.1) is 0 Å². The van der Waals surface area contributed by atoms with Crippen LogP contribution in [0.2, 0.25) is 0 Å². The van der Waals surface area contributed by atoms with Crippen LogP contribution in [0.1, 0.15) is 28.9 Å². The molecular weight excluding hydrogens is 250 g/mol. The summed E-state index contributed by atoms with van der Waals surface area (Å²) in [6, 6.07) is 11.3. The number of pyridine rings is 1. The molecule has 0 aliphatic carbocycles. The molecule has 1 amide bonds. The Labute approximate surface area is 119 Å². The van der Waals surface area contributed by atoms with E-state index in [9.17, 15) is 4.79 Å². The van der Waals surface area contributed by atoms with Gasteiger partial charge in [-0.25, -0.2) is 0 Å². The van der Waals surface area contributed by atoms with Crippen LogP contribution in [-0.4, -0.2) is 25.0 Å². The number of carbonyl (C=O) groups is 1. The van der Waals surface area contributed by atoms with Gasteiger partial charge in [0.1, 0.15) is 0 Å². The molecule has 1 atom stereocenters. The van der Waals surface area contributed by atoms with Crippen LogP contribution in [0.5, 0.6) is 0 Å². The first-order valence-corrected chi connectivity index (χ1v) is 6.56. The van der Waals surface area contributed by atoms with Crippen molar-refractivity contribution in [3.63, 3.8) is 0 Å². The topological polar surface area (TPSA) is 45.2 Å². The number of nitrogens with zero attached hydrogens (tertiary/aromatic N) is 2. The molecular formula is C16H19N3O. The Kier molecular flexibility index (Phi) is 4.35. The summed E-state index contributed by atoms with van der Waals surface area (Å²) in [5.41, 5.74) is 2.78. The quantitative estimate of drug-likeness (QED) is 0.928. The molecule has 2 aromatic rings. The van der Waals surface area contributed by atoms with Gasteiger partial charge in [-0.3, -0.25) is 9.78 Å². The van der Waals surface area contributed by atoms with E-state index < -0.39 is 0 Å². The number of nitrogens with one attached hydrogen (secondary N) is 1. The fourth-order valence-electron chi connectivity index (χ4n) is 1.93. The molecule has 0 radical (unpaired) electrons. The lowest BCUT2D eigenvalue weighted by Gasteiger charge is -2.15. The first-order valence-electron chi connectivity index (χ1n) is 6.56. The van der Waals surface area contributed by atoms with E-state index in [2.05, 4.69) is 10.3 Å². The highest BCUT2D eigenvalue weighted by molar-refractivity contribution is 5.94. The first-order chi connectivity index (χ1) is 9.58. The second-order valence-electron chi connectivity index (χ2n) is 4.92. The second-order valence-corrected chi connectivity index (χ2v) is 4.92. The molecule has 1 aromatic carbocycles. The predicted molar refractivity (Wildman–Crippen MR) is 80.9 cm³/mol. The van der Waals surface area contributed by atoms with Crippen molar-refractivity contribution in [1.29, 1.82) is 0 Å². The van der Waals surface area contributed by atoms with Gasteiger partial charge in [0.05, 0.1) is 6.04 Å². The summed E-state index contributed by atoms with van der Waals surface area (Å²) in [4.78, 5) is 18.1. The molecule has 0 aliphatic heterocycles. The van der Waals surface area contributed by atoms with Gasteiger partial charge in [0.2, 0.25) is 0 Å². The lowest BCUT2D eigenvalue weighted by atomic mass is 10.1. The highest BCUT2D eigenvalue weighted by Crippen LogP contribution is 2.14. The molecule has 1 unspecified atom stereocenters. The van der Waals surface area contributed by atoms with E-state index in [0.717, 1.165) is 11.3 Å². The van der Waals surface area contributed by atoms with Crippen LogP contribution in [0.25, 0.3) is 0 Å². The van der Waals surface area contributed by atoms with Crippen molar-refractivity contribution >= 4 is 11.6 Å². The molecule has 4 heteroatoms. The lowest BCUT2D eigenvalue weighted by molar-refractivity contribution is 0.0940. The molecule has 0 aliphatic rings. The van der Waals surface area contributed by atoms with E-state index in [1.165, 1.54) is 0 Å². The number of hydrogen-bond acceptors (Lipinski definition) is 3. The summed E-state index contributed by atoms with van der Waals surface area (Å²) in [6.07, 6.45) is 3.45. The van der Waals surface area contributed by atoms with Crippen LogP contribution < -0.4 is 10.2 Å². The number of rotatable bonds is 4. The first kappa shape index (κ1) is 14.1. The van der Waals surface area contributed by atoms with E-state index in [0.29, 0.717) is 5.56 Å². The smallest absolute Gasteiger partial charge is 0.251 e. The molecule has 0 spiro atoms. The van der Waals surface area contributed by atoms with Crippen LogP contribution >= 0.6 is 0 Å². The third kappa shape index (κ3) is 3.35. The maximum absolute atomic E-state index is 12.2. The minimum Gasteiger partial charge on any atom is -0.378 e. The molecule has 4 nitrogen and oxygen atoms in total. The molecule has 1 N–H and O–H groups in total. The summed E-state index contributed by atoms with van der Waals surface area (Å²) < 4.78 is 0. The zero-order valence-corrected chi connectivity index (χ0v) is 12.0. The Balaban J connectivity index is 2.05. The number of aromatic nitrogens is 1. The Hall–Kier alpha value is -2.36. The van der Waals surface area contributed by atoms with E-state index in [1.54, 1.807) is 12.4 Å². The maximum atomic E-state index is 12.2. The van der Waals surface area contributed by atoms with Crippen LogP contribution in [-0.2, 0) is 0 Å². The van der Waals surface area contributed by atoms with Gasteiger partial charge >= 0.3 is 0 Å². The fourth-order valence-corrected chi connectivity index (χ4v) is 1.93. The molecule has 0 saturated carbocycles. The number of benzene rings is 1.